The van der Waals surface area contributed by atoms with Crippen molar-refractivity contribution >= 4 is 52.3 Å². The molecular weight excluding hydrogens is 537 g/mol. The summed E-state index contributed by atoms with van der Waals surface area (Å²) in [5.74, 6) is -0.417. The van der Waals surface area contributed by atoms with Crippen molar-refractivity contribution in [3.05, 3.63) is 93.5 Å². The lowest BCUT2D eigenvalue weighted by molar-refractivity contribution is -0.118. The van der Waals surface area contributed by atoms with Gasteiger partial charge in [-0.25, -0.2) is 0 Å². The number of rotatable bonds is 8. The molecule has 0 bridgehead atoms. The van der Waals surface area contributed by atoms with Crippen molar-refractivity contribution < 1.29 is 9.59 Å². The Labute approximate surface area is 236 Å². The Morgan fingerprint density at radius 1 is 0.923 bits per heavy atom. The van der Waals surface area contributed by atoms with E-state index >= 15 is 0 Å². The van der Waals surface area contributed by atoms with Crippen LogP contribution in [0.15, 0.2) is 66.7 Å². The smallest absolute Gasteiger partial charge is 0.270 e. The molecule has 4 aromatic rings. The molecule has 2 amide bonds. The third kappa shape index (κ3) is 6.55. The number of amides is 2. The average molecular weight is 564 g/mol. The summed E-state index contributed by atoms with van der Waals surface area (Å²) in [6.07, 6.45) is 3.69. The predicted octanol–water partition coefficient (Wildman–Crippen LogP) is 5.53. The van der Waals surface area contributed by atoms with Gasteiger partial charge in [0.1, 0.15) is 0 Å². The van der Waals surface area contributed by atoms with Crippen LogP contribution in [-0.4, -0.2) is 45.5 Å². The predicted molar refractivity (Wildman–Crippen MR) is 152 cm³/mol. The maximum Gasteiger partial charge on any atom is 0.270 e. The molecule has 1 aliphatic heterocycles. The van der Waals surface area contributed by atoms with E-state index in [1.54, 1.807) is 35.2 Å². The summed E-state index contributed by atoms with van der Waals surface area (Å²) in [7, 11) is 0. The molecule has 200 valence electrons. The molecule has 0 unspecified atom stereocenters. The SMILES string of the molecule is O=C(Nc1nn[nH]n1)c1ccc(CN(C(=O)Cc2c(Cl)cccc2Cl)c2ccc(N3CCCCC3)cc2)cc1. The fourth-order valence-electron chi connectivity index (χ4n) is 4.60. The second-order valence-electron chi connectivity index (χ2n) is 9.31. The minimum absolute atomic E-state index is 0.0531. The van der Waals surface area contributed by atoms with Gasteiger partial charge in [0, 0.05) is 40.1 Å². The standard InChI is InChI=1S/C28H27Cl2N7O2/c29-24-5-4-6-25(30)23(24)17-26(38)37(22-13-11-21(12-14-22)36-15-2-1-3-16-36)18-19-7-9-20(10-8-19)27(39)31-28-32-34-35-33-28/h4-14H,1-3,15-18H2,(H2,31,32,33,34,35,39). The summed E-state index contributed by atoms with van der Waals surface area (Å²) in [4.78, 5) is 30.2. The number of H-pyrrole nitrogens is 1. The van der Waals surface area contributed by atoms with E-state index in [-0.39, 0.29) is 24.2 Å². The normalized spacial score (nSPS) is 13.2. The lowest BCUT2D eigenvalue weighted by Crippen LogP contribution is -2.32. The molecule has 0 saturated carbocycles. The van der Waals surface area contributed by atoms with E-state index in [1.807, 2.05) is 24.3 Å². The third-order valence-electron chi connectivity index (χ3n) is 6.70. The second kappa shape index (κ2) is 12.3. The maximum atomic E-state index is 13.7. The number of tetrazole rings is 1. The van der Waals surface area contributed by atoms with Crippen LogP contribution in [0.3, 0.4) is 0 Å². The highest BCUT2D eigenvalue weighted by atomic mass is 35.5. The Balaban J connectivity index is 1.37. The molecule has 0 radical (unpaired) electrons. The summed E-state index contributed by atoms with van der Waals surface area (Å²) < 4.78 is 0. The van der Waals surface area contributed by atoms with Gasteiger partial charge in [-0.15, -0.1) is 5.10 Å². The van der Waals surface area contributed by atoms with Crippen LogP contribution in [0, 0.1) is 0 Å². The first-order valence-electron chi connectivity index (χ1n) is 12.7. The first-order valence-corrected chi connectivity index (χ1v) is 13.5. The Bertz CT molecular complexity index is 1400. The van der Waals surface area contributed by atoms with Gasteiger partial charge in [-0.1, -0.05) is 46.5 Å². The lowest BCUT2D eigenvalue weighted by atomic mass is 10.1. The second-order valence-corrected chi connectivity index (χ2v) is 10.1. The Morgan fingerprint density at radius 2 is 1.62 bits per heavy atom. The molecule has 1 aliphatic rings. The van der Waals surface area contributed by atoms with Crippen molar-refractivity contribution in [2.24, 2.45) is 0 Å². The summed E-state index contributed by atoms with van der Waals surface area (Å²) in [5.41, 5.74) is 3.79. The number of benzene rings is 3. The fourth-order valence-corrected chi connectivity index (χ4v) is 5.13. The number of hydrogen-bond donors (Lipinski definition) is 2. The largest absolute Gasteiger partial charge is 0.372 e. The van der Waals surface area contributed by atoms with Gasteiger partial charge in [0.15, 0.2) is 0 Å². The molecule has 2 heterocycles. The molecule has 3 aromatic carbocycles. The monoisotopic (exact) mass is 563 g/mol. The number of nitrogens with one attached hydrogen (secondary N) is 2. The van der Waals surface area contributed by atoms with Gasteiger partial charge in [-0.05, 0) is 84.1 Å². The molecule has 2 N–H and O–H groups in total. The highest BCUT2D eigenvalue weighted by Crippen LogP contribution is 2.29. The first-order chi connectivity index (χ1) is 19.0. The molecule has 11 heteroatoms. The van der Waals surface area contributed by atoms with Crippen LogP contribution in [0.5, 0.6) is 0 Å². The van der Waals surface area contributed by atoms with Crippen LogP contribution in [0.4, 0.5) is 17.3 Å². The molecule has 0 atom stereocenters. The van der Waals surface area contributed by atoms with Crippen LogP contribution >= 0.6 is 23.2 Å². The van der Waals surface area contributed by atoms with Crippen molar-refractivity contribution in [2.75, 3.05) is 28.2 Å². The summed E-state index contributed by atoms with van der Waals surface area (Å²) >= 11 is 12.8. The first kappa shape index (κ1) is 26.6. The van der Waals surface area contributed by atoms with Crippen molar-refractivity contribution in [2.45, 2.75) is 32.2 Å². The minimum Gasteiger partial charge on any atom is -0.372 e. The third-order valence-corrected chi connectivity index (χ3v) is 7.41. The van der Waals surface area contributed by atoms with Crippen LogP contribution in [0.2, 0.25) is 10.0 Å². The van der Waals surface area contributed by atoms with Gasteiger partial charge in [-0.3, -0.25) is 14.9 Å². The van der Waals surface area contributed by atoms with E-state index in [0.717, 1.165) is 30.0 Å². The van der Waals surface area contributed by atoms with E-state index in [1.165, 1.54) is 19.3 Å². The zero-order valence-electron chi connectivity index (χ0n) is 21.1. The topological polar surface area (TPSA) is 107 Å². The summed E-state index contributed by atoms with van der Waals surface area (Å²) in [5, 5.41) is 16.6. The van der Waals surface area contributed by atoms with Gasteiger partial charge < -0.3 is 9.80 Å². The maximum absolute atomic E-state index is 13.7. The van der Waals surface area contributed by atoms with Crippen molar-refractivity contribution in [1.82, 2.24) is 20.6 Å². The van der Waals surface area contributed by atoms with E-state index < -0.39 is 0 Å². The molecule has 1 aromatic heterocycles. The lowest BCUT2D eigenvalue weighted by Gasteiger charge is -2.30. The highest BCUT2D eigenvalue weighted by Gasteiger charge is 2.21. The average Bonchev–Trinajstić information content (AvgIpc) is 3.48. The summed E-state index contributed by atoms with van der Waals surface area (Å²) in [6.45, 7) is 2.38. The molecule has 9 nitrogen and oxygen atoms in total. The van der Waals surface area contributed by atoms with Crippen molar-refractivity contribution in [1.29, 1.82) is 0 Å². The molecule has 0 spiro atoms. The number of carbonyl (C=O) groups is 2. The van der Waals surface area contributed by atoms with Crippen molar-refractivity contribution in [3.8, 4) is 0 Å². The zero-order valence-corrected chi connectivity index (χ0v) is 22.6. The molecule has 39 heavy (non-hydrogen) atoms. The number of nitrogens with zero attached hydrogens (tertiary/aromatic N) is 5. The Hall–Kier alpha value is -3.95. The molecular formula is C28H27Cl2N7O2. The Morgan fingerprint density at radius 3 is 2.26 bits per heavy atom. The van der Waals surface area contributed by atoms with Crippen LogP contribution in [0.1, 0.15) is 40.7 Å². The number of halogens is 2. The van der Waals surface area contributed by atoms with Gasteiger partial charge in [0.25, 0.3) is 11.9 Å². The van der Waals surface area contributed by atoms with Crippen LogP contribution < -0.4 is 15.1 Å². The van der Waals surface area contributed by atoms with Crippen LogP contribution in [-0.2, 0) is 17.8 Å². The number of aromatic amines is 1. The number of piperidine rings is 1. The molecule has 1 fully saturated rings. The highest BCUT2D eigenvalue weighted by molar-refractivity contribution is 6.36. The van der Waals surface area contributed by atoms with Crippen LogP contribution in [0.25, 0.3) is 0 Å². The van der Waals surface area contributed by atoms with E-state index in [2.05, 4.69) is 43.0 Å². The number of aromatic nitrogens is 4. The number of carbonyl (C=O) groups excluding carboxylic acids is 2. The quantitative estimate of drug-likeness (QED) is 0.292. The molecule has 0 aliphatic carbocycles. The fraction of sp³-hybridized carbons (Fsp3) is 0.250. The number of hydrogen-bond acceptors (Lipinski definition) is 6. The zero-order chi connectivity index (χ0) is 27.2. The summed E-state index contributed by atoms with van der Waals surface area (Å²) in [6, 6.07) is 20.3. The Kier molecular flexibility index (Phi) is 8.39. The van der Waals surface area contributed by atoms with Gasteiger partial charge in [0.2, 0.25) is 5.91 Å². The van der Waals surface area contributed by atoms with E-state index in [9.17, 15) is 9.59 Å². The molecule has 1 saturated heterocycles. The van der Waals surface area contributed by atoms with Gasteiger partial charge in [0.05, 0.1) is 13.0 Å². The van der Waals surface area contributed by atoms with Gasteiger partial charge >= 0.3 is 0 Å². The van der Waals surface area contributed by atoms with E-state index in [0.29, 0.717) is 27.7 Å². The minimum atomic E-state index is -0.363. The van der Waals surface area contributed by atoms with Gasteiger partial charge in [-0.2, -0.15) is 5.21 Å². The van der Waals surface area contributed by atoms with Crippen molar-refractivity contribution in [3.63, 3.8) is 0 Å². The number of anilines is 3. The molecule has 5 rings (SSSR count). The van der Waals surface area contributed by atoms with E-state index in [4.69, 9.17) is 23.2 Å².